The maximum absolute atomic E-state index is 12.8. The first-order valence-corrected chi connectivity index (χ1v) is 4.42. The molecular formula is C11H11ClF. The molecule has 1 unspecified atom stereocenters. The molecule has 0 saturated heterocycles. The van der Waals surface area contributed by atoms with E-state index in [1.165, 1.54) is 6.07 Å². The van der Waals surface area contributed by atoms with E-state index in [2.05, 4.69) is 13.5 Å². The third-order valence-corrected chi connectivity index (χ3v) is 2.16. The first-order valence-electron chi connectivity index (χ1n) is 4.04. The van der Waals surface area contributed by atoms with E-state index in [1.54, 1.807) is 18.2 Å². The lowest BCUT2D eigenvalue weighted by atomic mass is 9.98. The van der Waals surface area contributed by atoms with Crippen molar-refractivity contribution in [3.63, 3.8) is 0 Å². The lowest BCUT2D eigenvalue weighted by Gasteiger charge is -2.09. The molecule has 0 aliphatic carbocycles. The summed E-state index contributed by atoms with van der Waals surface area (Å²) in [7, 11) is 0. The fourth-order valence-electron chi connectivity index (χ4n) is 1.10. The number of hydrogen-bond donors (Lipinski definition) is 0. The average Bonchev–Trinajstić information content (AvgIpc) is 2.10. The van der Waals surface area contributed by atoms with Crippen molar-refractivity contribution in [2.24, 2.45) is 0 Å². The van der Waals surface area contributed by atoms with Gasteiger partial charge in [-0.2, -0.15) is 0 Å². The molecule has 0 aromatic heterocycles. The van der Waals surface area contributed by atoms with Gasteiger partial charge in [-0.1, -0.05) is 23.7 Å². The third-order valence-electron chi connectivity index (χ3n) is 1.87. The summed E-state index contributed by atoms with van der Waals surface area (Å²) >= 11 is 5.63. The summed E-state index contributed by atoms with van der Waals surface area (Å²) in [5.41, 5.74) is 0.936. The Balaban J connectivity index is 2.89. The highest BCUT2D eigenvalue weighted by molar-refractivity contribution is 6.30. The first-order chi connectivity index (χ1) is 6.15. The number of rotatable bonds is 3. The molecule has 0 N–H and O–H groups in total. The first kappa shape index (κ1) is 10.3. The van der Waals surface area contributed by atoms with Gasteiger partial charge in [-0.25, -0.2) is 4.39 Å². The second-order valence-corrected chi connectivity index (χ2v) is 3.30. The molecular weight excluding hydrogens is 187 g/mol. The molecule has 0 bridgehead atoms. The van der Waals surface area contributed by atoms with Crippen LogP contribution in [0.5, 0.6) is 0 Å². The molecule has 0 saturated carbocycles. The van der Waals surface area contributed by atoms with Crippen LogP contribution < -0.4 is 0 Å². The van der Waals surface area contributed by atoms with E-state index in [0.29, 0.717) is 0 Å². The van der Waals surface area contributed by atoms with Crippen molar-refractivity contribution in [2.45, 2.75) is 12.3 Å². The van der Waals surface area contributed by atoms with Gasteiger partial charge >= 0.3 is 0 Å². The van der Waals surface area contributed by atoms with Crippen molar-refractivity contribution >= 4 is 11.6 Å². The van der Waals surface area contributed by atoms with Crippen molar-refractivity contribution in [1.29, 1.82) is 0 Å². The molecule has 13 heavy (non-hydrogen) atoms. The summed E-state index contributed by atoms with van der Waals surface area (Å²) in [6.45, 7) is 7.54. The van der Waals surface area contributed by atoms with Crippen LogP contribution >= 0.6 is 11.6 Å². The molecule has 1 radical (unpaired) electrons. The van der Waals surface area contributed by atoms with E-state index in [9.17, 15) is 4.39 Å². The van der Waals surface area contributed by atoms with Gasteiger partial charge in [0.2, 0.25) is 0 Å². The molecule has 0 heterocycles. The predicted molar refractivity (Wildman–Crippen MR) is 54.3 cm³/mol. The molecule has 1 rings (SSSR count). The van der Waals surface area contributed by atoms with Crippen LogP contribution in [0.1, 0.15) is 17.9 Å². The van der Waals surface area contributed by atoms with Gasteiger partial charge in [0.05, 0.1) is 5.02 Å². The molecule has 69 valence electrons. The zero-order valence-electron chi connectivity index (χ0n) is 7.26. The van der Waals surface area contributed by atoms with E-state index < -0.39 is 5.82 Å². The zero-order chi connectivity index (χ0) is 9.84. The van der Waals surface area contributed by atoms with Crippen molar-refractivity contribution in [2.75, 3.05) is 0 Å². The number of benzene rings is 1. The van der Waals surface area contributed by atoms with Crippen molar-refractivity contribution in [3.05, 3.63) is 54.2 Å². The molecule has 1 atom stereocenters. The molecule has 1 aromatic rings. The zero-order valence-corrected chi connectivity index (χ0v) is 8.02. The maximum atomic E-state index is 12.8. The standard InChI is InChI=1S/C11H11ClF/c1-3-4-8(2)9-5-6-11(13)10(12)7-9/h3,5-8H,1-2,4H2. The Morgan fingerprint density at radius 1 is 1.54 bits per heavy atom. The van der Waals surface area contributed by atoms with Crippen LogP contribution in [-0.4, -0.2) is 0 Å². The summed E-state index contributed by atoms with van der Waals surface area (Å²) in [6, 6.07) is 4.67. The van der Waals surface area contributed by atoms with Crippen molar-refractivity contribution < 1.29 is 4.39 Å². The molecule has 1 aromatic carbocycles. The monoisotopic (exact) mass is 197 g/mol. The Morgan fingerprint density at radius 2 is 2.23 bits per heavy atom. The molecule has 0 nitrogen and oxygen atoms in total. The largest absolute Gasteiger partial charge is 0.205 e. The van der Waals surface area contributed by atoms with Gasteiger partial charge in [0.25, 0.3) is 0 Å². The number of halogens is 2. The van der Waals surface area contributed by atoms with Crippen LogP contribution in [0.25, 0.3) is 0 Å². The van der Waals surface area contributed by atoms with Gasteiger partial charge in [-0.05, 0) is 37.0 Å². The van der Waals surface area contributed by atoms with Crippen LogP contribution in [0.2, 0.25) is 5.02 Å². The Morgan fingerprint density at radius 3 is 2.77 bits per heavy atom. The third kappa shape index (κ3) is 2.56. The van der Waals surface area contributed by atoms with Gasteiger partial charge in [0.1, 0.15) is 5.82 Å². The molecule has 0 aliphatic rings. The Bertz CT molecular complexity index is 307. The van der Waals surface area contributed by atoms with Gasteiger partial charge < -0.3 is 0 Å². The highest BCUT2D eigenvalue weighted by Crippen LogP contribution is 2.23. The van der Waals surface area contributed by atoms with Crippen LogP contribution in [0.3, 0.4) is 0 Å². The lowest BCUT2D eigenvalue weighted by Crippen LogP contribution is -1.92. The minimum atomic E-state index is -0.392. The van der Waals surface area contributed by atoms with E-state index in [0.717, 1.165) is 12.0 Å². The maximum Gasteiger partial charge on any atom is 0.141 e. The van der Waals surface area contributed by atoms with Gasteiger partial charge in [-0.3, -0.25) is 0 Å². The normalized spacial score (nSPS) is 12.5. The fraction of sp³-hybridized carbons (Fsp3) is 0.182. The summed E-state index contributed by atoms with van der Waals surface area (Å²) in [5.74, 6) is -0.299. The Hall–Kier alpha value is -0.820. The highest BCUT2D eigenvalue weighted by atomic mass is 35.5. The SMILES string of the molecule is [CH2]C(CC=C)c1ccc(F)c(Cl)c1. The minimum Gasteiger partial charge on any atom is -0.205 e. The predicted octanol–water partition coefficient (Wildman–Crippen LogP) is 3.97. The molecule has 0 amide bonds. The van der Waals surface area contributed by atoms with E-state index >= 15 is 0 Å². The van der Waals surface area contributed by atoms with Crippen molar-refractivity contribution in [3.8, 4) is 0 Å². The van der Waals surface area contributed by atoms with Gasteiger partial charge in [-0.15, -0.1) is 6.58 Å². The Kier molecular flexibility index (Phi) is 3.49. The Labute approximate surface area is 83.0 Å². The molecule has 0 aliphatic heterocycles. The summed E-state index contributed by atoms with van der Waals surface area (Å²) < 4.78 is 12.8. The quantitative estimate of drug-likeness (QED) is 0.644. The van der Waals surface area contributed by atoms with E-state index in [1.807, 2.05) is 0 Å². The van der Waals surface area contributed by atoms with Crippen LogP contribution in [0.15, 0.2) is 30.9 Å². The highest BCUT2D eigenvalue weighted by Gasteiger charge is 2.06. The molecule has 2 heteroatoms. The fourth-order valence-corrected chi connectivity index (χ4v) is 1.29. The summed E-state index contributed by atoms with van der Waals surface area (Å²) in [4.78, 5) is 0. The lowest BCUT2D eigenvalue weighted by molar-refractivity contribution is 0.627. The number of hydrogen-bond acceptors (Lipinski definition) is 0. The van der Waals surface area contributed by atoms with E-state index in [4.69, 9.17) is 11.6 Å². The smallest absolute Gasteiger partial charge is 0.141 e. The van der Waals surface area contributed by atoms with Crippen molar-refractivity contribution in [1.82, 2.24) is 0 Å². The van der Waals surface area contributed by atoms with Gasteiger partial charge in [0, 0.05) is 0 Å². The van der Waals surface area contributed by atoms with Crippen LogP contribution in [0, 0.1) is 12.7 Å². The topological polar surface area (TPSA) is 0 Å². The number of allylic oxidation sites excluding steroid dienone is 1. The van der Waals surface area contributed by atoms with Crippen LogP contribution in [-0.2, 0) is 0 Å². The molecule has 0 spiro atoms. The minimum absolute atomic E-state index is 0.0931. The van der Waals surface area contributed by atoms with E-state index in [-0.39, 0.29) is 10.9 Å². The second-order valence-electron chi connectivity index (χ2n) is 2.89. The second kappa shape index (κ2) is 4.43. The summed E-state index contributed by atoms with van der Waals surface area (Å²) in [6.07, 6.45) is 2.55. The van der Waals surface area contributed by atoms with Crippen LogP contribution in [0.4, 0.5) is 4.39 Å². The average molecular weight is 198 g/mol. The van der Waals surface area contributed by atoms with Gasteiger partial charge in [0.15, 0.2) is 0 Å². The summed E-state index contributed by atoms with van der Waals surface area (Å²) in [5, 5.41) is 0.148. The molecule has 0 fully saturated rings.